The number of H-pyrrole nitrogens is 1. The number of rotatable bonds is 12. The van der Waals surface area contributed by atoms with Gasteiger partial charge in [0.25, 0.3) is 0 Å². The fourth-order valence-electron chi connectivity index (χ4n) is 11.1. The second-order valence-electron chi connectivity index (χ2n) is 20.5. The Balaban J connectivity index is 1.03. The van der Waals surface area contributed by atoms with Gasteiger partial charge in [0.15, 0.2) is 0 Å². The van der Waals surface area contributed by atoms with Crippen LogP contribution in [0.25, 0.3) is 10.9 Å². The number of fused-ring (bicyclic) bond motifs is 4. The van der Waals surface area contributed by atoms with Crippen molar-refractivity contribution >= 4 is 46.3 Å². The van der Waals surface area contributed by atoms with Crippen LogP contribution < -0.4 is 31.3 Å². The number of nitrogens with one attached hydrogen (secondary N) is 6. The SMILES string of the molecule is O=C1N[C@@H](Cc2ccc(OCc3ccccc3)cc2)C(=O)N2Cc3ccccc3C[C@H]2C(=O)N2CCOC[C@H]2C(=O)N[C@@H](CCc2ccccc2)C(=O)N[C@H](Cc2c[nH]c3ccccc23)C(=O)NC1CC1CCNCC1. The van der Waals surface area contributed by atoms with E-state index in [1.54, 1.807) is 0 Å². The lowest BCUT2D eigenvalue weighted by Crippen LogP contribution is -2.65. The highest BCUT2D eigenvalue weighted by atomic mass is 16.5. The number of carbonyl (C=O) groups is 6. The number of amides is 6. The number of aryl methyl sites for hydroxylation is 1. The maximum atomic E-state index is 15.7. The van der Waals surface area contributed by atoms with Crippen molar-refractivity contribution in [3.63, 3.8) is 0 Å². The summed E-state index contributed by atoms with van der Waals surface area (Å²) in [6.07, 6.45) is 4.43. The van der Waals surface area contributed by atoms with Gasteiger partial charge in [0, 0.05) is 49.5 Å². The molecule has 1 unspecified atom stereocenters. The number of morpholine rings is 1. The first kappa shape index (κ1) is 51.7. The normalized spacial score (nSPS) is 23.2. The van der Waals surface area contributed by atoms with E-state index in [9.17, 15) is 9.59 Å². The summed E-state index contributed by atoms with van der Waals surface area (Å²) in [5.74, 6) is -2.62. The van der Waals surface area contributed by atoms with Crippen LogP contribution in [0.3, 0.4) is 0 Å². The first-order valence-electron chi connectivity index (χ1n) is 26.7. The van der Waals surface area contributed by atoms with E-state index in [4.69, 9.17) is 9.47 Å². The van der Waals surface area contributed by atoms with E-state index in [1.165, 1.54) is 9.80 Å². The number of nitrogens with zero attached hydrogens (tertiary/aromatic N) is 2. The molecule has 10 rings (SSSR count). The molecule has 5 aromatic carbocycles. The number of aromatic nitrogens is 1. The van der Waals surface area contributed by atoms with Crippen LogP contribution in [0.1, 0.15) is 59.1 Å². The molecule has 6 N–H and O–H groups in total. The van der Waals surface area contributed by atoms with E-state index in [0.717, 1.165) is 70.2 Å². The van der Waals surface area contributed by atoms with E-state index >= 15 is 19.2 Å². The molecule has 76 heavy (non-hydrogen) atoms. The fraction of sp³-hybridized carbons (Fsp3) is 0.367. The highest BCUT2D eigenvalue weighted by Gasteiger charge is 2.45. The largest absolute Gasteiger partial charge is 0.489 e. The smallest absolute Gasteiger partial charge is 0.246 e. The van der Waals surface area contributed by atoms with Crippen LogP contribution in [0.5, 0.6) is 5.75 Å². The van der Waals surface area contributed by atoms with Crippen LogP contribution >= 0.6 is 0 Å². The van der Waals surface area contributed by atoms with Gasteiger partial charge in [0.1, 0.15) is 48.6 Å². The maximum absolute atomic E-state index is 15.7. The van der Waals surface area contributed by atoms with E-state index in [0.29, 0.717) is 18.8 Å². The highest BCUT2D eigenvalue weighted by Crippen LogP contribution is 2.29. The summed E-state index contributed by atoms with van der Waals surface area (Å²) in [6, 6.07) is 35.2. The second-order valence-corrected chi connectivity index (χ2v) is 20.5. The molecule has 0 bridgehead atoms. The fourth-order valence-corrected chi connectivity index (χ4v) is 11.1. The molecule has 6 aromatic rings. The predicted octanol–water partition coefficient (Wildman–Crippen LogP) is 4.69. The summed E-state index contributed by atoms with van der Waals surface area (Å²) in [7, 11) is 0. The molecule has 0 radical (unpaired) electrons. The van der Waals surface area contributed by atoms with Gasteiger partial charge in [-0.2, -0.15) is 0 Å². The van der Waals surface area contributed by atoms with Gasteiger partial charge in [-0.25, -0.2) is 0 Å². The number of ether oxygens (including phenoxy) is 2. The van der Waals surface area contributed by atoms with Gasteiger partial charge >= 0.3 is 0 Å². The van der Waals surface area contributed by atoms with Crippen molar-refractivity contribution in [2.24, 2.45) is 5.92 Å². The van der Waals surface area contributed by atoms with Crippen LogP contribution in [0, 0.1) is 5.92 Å². The molecule has 6 atom stereocenters. The summed E-state index contributed by atoms with van der Waals surface area (Å²) >= 11 is 0. The monoisotopic (exact) mass is 1030 g/mol. The first-order chi connectivity index (χ1) is 37.1. The number of aromatic amines is 1. The zero-order valence-electron chi connectivity index (χ0n) is 42.6. The third-order valence-electron chi connectivity index (χ3n) is 15.3. The molecule has 1 aromatic heterocycles. The van der Waals surface area contributed by atoms with Crippen LogP contribution in [-0.4, -0.2) is 119 Å². The van der Waals surface area contributed by atoms with Crippen molar-refractivity contribution in [1.29, 1.82) is 0 Å². The lowest BCUT2D eigenvalue weighted by Gasteiger charge is -2.43. The number of carbonyl (C=O) groups excluding carboxylic acids is 6. The average Bonchev–Trinajstić information content (AvgIpc) is 3.89. The minimum absolute atomic E-state index is 0.0445. The molecule has 4 aliphatic heterocycles. The van der Waals surface area contributed by atoms with E-state index in [2.05, 4.69) is 31.6 Å². The molecular formula is C60H66N8O8. The molecule has 16 nitrogen and oxygen atoms in total. The second kappa shape index (κ2) is 24.2. The summed E-state index contributed by atoms with van der Waals surface area (Å²) in [4.78, 5) is 97.4. The molecule has 5 heterocycles. The zero-order chi connectivity index (χ0) is 52.4. The first-order valence-corrected chi connectivity index (χ1v) is 26.7. The van der Waals surface area contributed by atoms with Gasteiger partial charge in [-0.05, 0) is 103 Å². The molecule has 394 valence electrons. The van der Waals surface area contributed by atoms with Crippen molar-refractivity contribution in [3.8, 4) is 5.75 Å². The van der Waals surface area contributed by atoms with Crippen LogP contribution in [-0.2, 0) is 72.3 Å². The lowest BCUT2D eigenvalue weighted by molar-refractivity contribution is -0.157. The van der Waals surface area contributed by atoms with Gasteiger partial charge < -0.3 is 50.8 Å². The quantitative estimate of drug-likeness (QED) is 0.101. The van der Waals surface area contributed by atoms with E-state index < -0.39 is 71.7 Å². The van der Waals surface area contributed by atoms with Gasteiger partial charge in [0.2, 0.25) is 35.4 Å². The third-order valence-corrected chi connectivity index (χ3v) is 15.3. The Bertz CT molecular complexity index is 3000. The van der Waals surface area contributed by atoms with Crippen molar-refractivity contribution in [3.05, 3.63) is 173 Å². The summed E-state index contributed by atoms with van der Waals surface area (Å²) in [5, 5.41) is 16.4. The molecular weight excluding hydrogens is 961 g/mol. The van der Waals surface area contributed by atoms with Crippen molar-refractivity contribution < 1.29 is 38.2 Å². The third kappa shape index (κ3) is 12.5. The van der Waals surface area contributed by atoms with Crippen molar-refractivity contribution in [2.75, 3.05) is 32.8 Å². The van der Waals surface area contributed by atoms with Gasteiger partial charge in [-0.3, -0.25) is 28.8 Å². The van der Waals surface area contributed by atoms with Crippen LogP contribution in [0.4, 0.5) is 0 Å². The Morgan fingerprint density at radius 3 is 1.99 bits per heavy atom. The maximum Gasteiger partial charge on any atom is 0.246 e. The minimum Gasteiger partial charge on any atom is -0.489 e. The standard InChI is InChI=1S/C60H66N8O8/c69-55-49(24-21-39-11-3-1-4-12-39)63-58(72)54-38-75-30-29-67(54)60(74)53-34-43-15-7-8-16-44(43)36-68(53)59(73)52(32-40-19-22-46(23-20-40)76-37-42-13-5-2-6-14-42)66-56(70)50(31-41-25-27-61-28-26-41)64-57(71)51(65-55)33-45-35-62-48-18-10-9-17-47(45)48/h1-20,22-23,35,41,49-54,61-62H,21,24-34,36-38H2,(H,63,72)(H,64,71)(H,65,69)(H,66,70)/t49-,50?,51+,52-,53-,54-/m0/s1. The van der Waals surface area contributed by atoms with Crippen molar-refractivity contribution in [2.45, 2.75) is 101 Å². The summed E-state index contributed by atoms with van der Waals surface area (Å²) < 4.78 is 12.0. The average molecular weight is 1030 g/mol. The molecule has 3 fully saturated rings. The molecule has 3 saturated heterocycles. The molecule has 0 saturated carbocycles. The zero-order valence-corrected chi connectivity index (χ0v) is 42.6. The Hall–Kier alpha value is -7.82. The number of benzene rings is 5. The van der Waals surface area contributed by atoms with Crippen molar-refractivity contribution in [1.82, 2.24) is 41.4 Å². The number of para-hydroxylation sites is 1. The molecule has 16 heteroatoms. The Morgan fingerprint density at radius 1 is 0.566 bits per heavy atom. The topological polar surface area (TPSA) is 203 Å². The Labute approximate surface area is 442 Å². The molecule has 0 aliphatic carbocycles. The van der Waals surface area contributed by atoms with Crippen LogP contribution in [0.2, 0.25) is 0 Å². The number of hydrogen-bond acceptors (Lipinski definition) is 9. The van der Waals surface area contributed by atoms with Crippen LogP contribution in [0.15, 0.2) is 140 Å². The Morgan fingerprint density at radius 2 is 1.21 bits per heavy atom. The van der Waals surface area contributed by atoms with Gasteiger partial charge in [0.05, 0.1) is 13.2 Å². The lowest BCUT2D eigenvalue weighted by atomic mass is 9.89. The Kier molecular flexibility index (Phi) is 16.5. The summed E-state index contributed by atoms with van der Waals surface area (Å²) in [6.45, 7) is 1.97. The highest BCUT2D eigenvalue weighted by molar-refractivity contribution is 5.99. The molecule has 4 aliphatic rings. The van der Waals surface area contributed by atoms with E-state index in [-0.39, 0.29) is 64.3 Å². The minimum atomic E-state index is -1.21. The number of hydrogen-bond donors (Lipinski definition) is 6. The predicted molar refractivity (Wildman–Crippen MR) is 286 cm³/mol. The van der Waals surface area contributed by atoms with E-state index in [1.807, 2.05) is 140 Å². The van der Waals surface area contributed by atoms with Gasteiger partial charge in [-0.1, -0.05) is 115 Å². The molecule has 6 amide bonds. The number of piperidine rings is 1. The summed E-state index contributed by atoms with van der Waals surface area (Å²) in [5.41, 5.74) is 6.02. The van der Waals surface area contributed by atoms with Gasteiger partial charge in [-0.15, -0.1) is 0 Å². The molecule has 0 spiro atoms.